The van der Waals surface area contributed by atoms with E-state index in [0.29, 0.717) is 17.9 Å². The molecule has 1 N–H and O–H groups in total. The third-order valence-electron chi connectivity index (χ3n) is 3.17. The van der Waals surface area contributed by atoms with Crippen molar-refractivity contribution in [3.8, 4) is 0 Å². The molecule has 1 saturated heterocycles. The van der Waals surface area contributed by atoms with E-state index in [1.165, 1.54) is 12.8 Å². The van der Waals surface area contributed by atoms with Gasteiger partial charge < -0.3 is 10.2 Å². The molecule has 1 amide bonds. The molecule has 1 atom stereocenters. The van der Waals surface area contributed by atoms with Gasteiger partial charge in [-0.2, -0.15) is 0 Å². The Balaban J connectivity index is 2.31. The standard InChI is InChI=1S/C14H26N2O/c1-5-6-13-7-14(17)16(10-13)9-12(4)8-15-11(2)3/h11,13,15H,4-10H2,1-3H3. The second-order valence-corrected chi connectivity index (χ2v) is 5.42. The van der Waals surface area contributed by atoms with Crippen molar-refractivity contribution in [1.29, 1.82) is 0 Å². The van der Waals surface area contributed by atoms with Gasteiger partial charge in [0.2, 0.25) is 5.91 Å². The number of rotatable bonds is 7. The Morgan fingerprint density at radius 1 is 1.59 bits per heavy atom. The van der Waals surface area contributed by atoms with E-state index in [0.717, 1.165) is 31.6 Å². The first-order valence-electron chi connectivity index (χ1n) is 6.70. The Morgan fingerprint density at radius 3 is 2.88 bits per heavy atom. The molecule has 0 saturated carbocycles. The number of amides is 1. The Hall–Kier alpha value is -0.830. The van der Waals surface area contributed by atoms with Crippen molar-refractivity contribution < 1.29 is 4.79 Å². The second kappa shape index (κ2) is 6.80. The van der Waals surface area contributed by atoms with Crippen molar-refractivity contribution in [1.82, 2.24) is 10.2 Å². The summed E-state index contributed by atoms with van der Waals surface area (Å²) in [6.07, 6.45) is 3.07. The molecule has 17 heavy (non-hydrogen) atoms. The summed E-state index contributed by atoms with van der Waals surface area (Å²) in [4.78, 5) is 13.8. The summed E-state index contributed by atoms with van der Waals surface area (Å²) in [6.45, 7) is 12.9. The van der Waals surface area contributed by atoms with Gasteiger partial charge in [0.1, 0.15) is 0 Å². The van der Waals surface area contributed by atoms with Crippen molar-refractivity contribution in [3.05, 3.63) is 12.2 Å². The molecule has 0 aromatic rings. The van der Waals surface area contributed by atoms with Crippen LogP contribution in [-0.2, 0) is 4.79 Å². The van der Waals surface area contributed by atoms with Gasteiger partial charge in [0, 0.05) is 32.1 Å². The fourth-order valence-electron chi connectivity index (χ4n) is 2.28. The number of likely N-dealkylation sites (tertiary alicyclic amines) is 1. The van der Waals surface area contributed by atoms with Crippen LogP contribution in [0.15, 0.2) is 12.2 Å². The summed E-state index contributed by atoms with van der Waals surface area (Å²) in [6, 6.07) is 0.467. The molecule has 3 heteroatoms. The van der Waals surface area contributed by atoms with Crippen LogP contribution in [0.2, 0.25) is 0 Å². The second-order valence-electron chi connectivity index (χ2n) is 5.42. The molecular weight excluding hydrogens is 212 g/mol. The van der Waals surface area contributed by atoms with E-state index >= 15 is 0 Å². The van der Waals surface area contributed by atoms with Gasteiger partial charge in [-0.25, -0.2) is 0 Å². The molecular formula is C14H26N2O. The van der Waals surface area contributed by atoms with Crippen molar-refractivity contribution >= 4 is 5.91 Å². The van der Waals surface area contributed by atoms with Crippen LogP contribution < -0.4 is 5.32 Å². The van der Waals surface area contributed by atoms with Crippen LogP contribution in [-0.4, -0.2) is 36.5 Å². The van der Waals surface area contributed by atoms with Crippen LogP contribution in [0.3, 0.4) is 0 Å². The largest absolute Gasteiger partial charge is 0.338 e. The smallest absolute Gasteiger partial charge is 0.223 e. The maximum Gasteiger partial charge on any atom is 0.223 e. The molecule has 1 aliphatic heterocycles. The topological polar surface area (TPSA) is 32.3 Å². The number of nitrogens with zero attached hydrogens (tertiary/aromatic N) is 1. The molecule has 0 radical (unpaired) electrons. The van der Waals surface area contributed by atoms with E-state index in [-0.39, 0.29) is 0 Å². The van der Waals surface area contributed by atoms with Gasteiger partial charge in [0.15, 0.2) is 0 Å². The molecule has 3 nitrogen and oxygen atoms in total. The molecule has 1 rings (SSSR count). The summed E-state index contributed by atoms with van der Waals surface area (Å²) < 4.78 is 0. The lowest BCUT2D eigenvalue weighted by molar-refractivity contribution is -0.127. The molecule has 1 unspecified atom stereocenters. The van der Waals surface area contributed by atoms with Gasteiger partial charge in [0.05, 0.1) is 0 Å². The lowest BCUT2D eigenvalue weighted by Crippen LogP contribution is -2.32. The van der Waals surface area contributed by atoms with Gasteiger partial charge in [-0.3, -0.25) is 4.79 Å². The highest BCUT2D eigenvalue weighted by Gasteiger charge is 2.28. The molecule has 1 heterocycles. The Bertz CT molecular complexity index is 273. The summed E-state index contributed by atoms with van der Waals surface area (Å²) >= 11 is 0. The van der Waals surface area contributed by atoms with E-state index in [1.54, 1.807) is 0 Å². The summed E-state index contributed by atoms with van der Waals surface area (Å²) in [7, 11) is 0. The van der Waals surface area contributed by atoms with Crippen LogP contribution >= 0.6 is 0 Å². The highest BCUT2D eigenvalue weighted by Crippen LogP contribution is 2.22. The first-order valence-corrected chi connectivity index (χ1v) is 6.70. The molecule has 98 valence electrons. The van der Waals surface area contributed by atoms with Gasteiger partial charge in [-0.15, -0.1) is 0 Å². The van der Waals surface area contributed by atoms with Gasteiger partial charge in [-0.05, 0) is 17.9 Å². The first-order chi connectivity index (χ1) is 8.02. The van der Waals surface area contributed by atoms with Crippen LogP contribution in [0.1, 0.15) is 40.0 Å². The lowest BCUT2D eigenvalue weighted by Gasteiger charge is -2.19. The highest BCUT2D eigenvalue weighted by atomic mass is 16.2. The predicted molar refractivity (Wildman–Crippen MR) is 71.9 cm³/mol. The molecule has 1 aliphatic rings. The van der Waals surface area contributed by atoms with E-state index in [1.807, 2.05) is 4.90 Å². The molecule has 0 spiro atoms. The minimum Gasteiger partial charge on any atom is -0.338 e. The monoisotopic (exact) mass is 238 g/mol. The van der Waals surface area contributed by atoms with Crippen LogP contribution in [0.25, 0.3) is 0 Å². The Kier molecular flexibility index (Phi) is 5.69. The zero-order valence-corrected chi connectivity index (χ0v) is 11.5. The molecule has 0 aromatic heterocycles. The van der Waals surface area contributed by atoms with E-state index in [2.05, 4.69) is 32.7 Å². The van der Waals surface area contributed by atoms with Crippen LogP contribution in [0.4, 0.5) is 0 Å². The van der Waals surface area contributed by atoms with Gasteiger partial charge in [0.25, 0.3) is 0 Å². The maximum absolute atomic E-state index is 11.8. The zero-order valence-electron chi connectivity index (χ0n) is 11.5. The summed E-state index contributed by atoms with van der Waals surface area (Å²) in [5, 5.41) is 3.33. The molecule has 0 aliphatic carbocycles. The highest BCUT2D eigenvalue weighted by molar-refractivity contribution is 5.78. The minimum atomic E-state index is 0.300. The predicted octanol–water partition coefficient (Wildman–Crippen LogP) is 2.19. The third-order valence-corrected chi connectivity index (χ3v) is 3.17. The number of hydrogen-bond donors (Lipinski definition) is 1. The number of carbonyl (C=O) groups excluding carboxylic acids is 1. The van der Waals surface area contributed by atoms with Crippen LogP contribution in [0, 0.1) is 5.92 Å². The van der Waals surface area contributed by atoms with E-state index in [9.17, 15) is 4.79 Å². The Morgan fingerprint density at radius 2 is 2.29 bits per heavy atom. The van der Waals surface area contributed by atoms with Crippen molar-refractivity contribution in [2.45, 2.75) is 46.1 Å². The molecule has 1 fully saturated rings. The number of hydrogen-bond acceptors (Lipinski definition) is 2. The fourth-order valence-corrected chi connectivity index (χ4v) is 2.28. The minimum absolute atomic E-state index is 0.300. The van der Waals surface area contributed by atoms with Crippen molar-refractivity contribution in [3.63, 3.8) is 0 Å². The number of nitrogens with one attached hydrogen (secondary N) is 1. The van der Waals surface area contributed by atoms with Crippen molar-refractivity contribution in [2.24, 2.45) is 5.92 Å². The Labute approximate surface area is 105 Å². The third kappa shape index (κ3) is 4.90. The van der Waals surface area contributed by atoms with Gasteiger partial charge >= 0.3 is 0 Å². The van der Waals surface area contributed by atoms with Crippen LogP contribution in [0.5, 0.6) is 0 Å². The van der Waals surface area contributed by atoms with E-state index < -0.39 is 0 Å². The normalized spacial score (nSPS) is 20.4. The SMILES string of the molecule is C=C(CNC(C)C)CN1CC(CCC)CC1=O. The van der Waals surface area contributed by atoms with E-state index in [4.69, 9.17) is 0 Å². The zero-order chi connectivity index (χ0) is 12.8. The average Bonchev–Trinajstić information content (AvgIpc) is 2.57. The van der Waals surface area contributed by atoms with Crippen molar-refractivity contribution in [2.75, 3.05) is 19.6 Å². The van der Waals surface area contributed by atoms with Gasteiger partial charge in [-0.1, -0.05) is 33.8 Å². The summed E-state index contributed by atoms with van der Waals surface area (Å²) in [5.41, 5.74) is 1.10. The average molecular weight is 238 g/mol. The first kappa shape index (κ1) is 14.2. The lowest BCUT2D eigenvalue weighted by atomic mass is 10.0. The number of carbonyl (C=O) groups is 1. The fraction of sp³-hybridized carbons (Fsp3) is 0.786. The quantitative estimate of drug-likeness (QED) is 0.690. The maximum atomic E-state index is 11.8. The summed E-state index contributed by atoms with van der Waals surface area (Å²) in [5.74, 6) is 0.868. The molecule has 0 aromatic carbocycles. The molecule has 0 bridgehead atoms.